The number of hydrogen-bond donors (Lipinski definition) is 2. The van der Waals surface area contributed by atoms with Crippen molar-refractivity contribution in [2.24, 2.45) is 0 Å². The molecule has 6 rings (SSSR count). The molecule has 3 aromatic heterocycles. The van der Waals surface area contributed by atoms with Gasteiger partial charge >= 0.3 is 0 Å². The third kappa shape index (κ3) is 3.80. The van der Waals surface area contributed by atoms with Gasteiger partial charge in [-0.2, -0.15) is 5.10 Å². The Morgan fingerprint density at radius 3 is 2.78 bits per heavy atom. The molecular formula is C25H31N5O2. The zero-order valence-electron chi connectivity index (χ0n) is 18.5. The molecular weight excluding hydrogens is 402 g/mol. The van der Waals surface area contributed by atoms with Crippen LogP contribution in [0.2, 0.25) is 0 Å². The van der Waals surface area contributed by atoms with Crippen molar-refractivity contribution in [2.75, 3.05) is 6.54 Å². The van der Waals surface area contributed by atoms with Crippen molar-refractivity contribution in [3.05, 3.63) is 58.8 Å². The van der Waals surface area contributed by atoms with Crippen molar-refractivity contribution >= 4 is 16.7 Å². The van der Waals surface area contributed by atoms with E-state index < -0.39 is 5.43 Å². The number of nitrogens with one attached hydrogen (secondary N) is 1. The second kappa shape index (κ2) is 8.45. The summed E-state index contributed by atoms with van der Waals surface area (Å²) in [6.45, 7) is 5.32. The first kappa shape index (κ1) is 20.8. The van der Waals surface area contributed by atoms with Crippen LogP contribution in [0.15, 0.2) is 42.1 Å². The SMILES string of the molecule is C=C1NCCCCCCc2cnc3c(ccn3C3(CCCC3)Cn3cc(O)c(=O)c1n3)c2. The van der Waals surface area contributed by atoms with Gasteiger partial charge in [0.25, 0.3) is 5.43 Å². The molecule has 1 spiro atoms. The van der Waals surface area contributed by atoms with E-state index in [1.54, 1.807) is 4.68 Å². The summed E-state index contributed by atoms with van der Waals surface area (Å²) in [5.41, 5.74) is 2.28. The minimum Gasteiger partial charge on any atom is -0.503 e. The Labute approximate surface area is 187 Å². The summed E-state index contributed by atoms with van der Waals surface area (Å²) < 4.78 is 4.01. The molecule has 0 atom stereocenters. The number of rotatable bonds is 0. The lowest BCUT2D eigenvalue weighted by molar-refractivity contribution is 0.240. The van der Waals surface area contributed by atoms with Crippen LogP contribution in [0.5, 0.6) is 5.75 Å². The van der Waals surface area contributed by atoms with Crippen molar-refractivity contribution < 1.29 is 5.11 Å². The highest BCUT2D eigenvalue weighted by Crippen LogP contribution is 2.40. The molecule has 0 aromatic carbocycles. The average Bonchev–Trinajstić information content (AvgIpc) is 3.42. The Bertz CT molecular complexity index is 1200. The first-order valence-corrected chi connectivity index (χ1v) is 11.8. The zero-order valence-corrected chi connectivity index (χ0v) is 18.5. The van der Waals surface area contributed by atoms with E-state index in [4.69, 9.17) is 4.98 Å². The number of aryl methyl sites for hydroxylation is 1. The van der Waals surface area contributed by atoms with E-state index in [0.29, 0.717) is 12.2 Å². The zero-order chi connectivity index (χ0) is 22.1. The largest absolute Gasteiger partial charge is 0.503 e. The molecule has 0 saturated heterocycles. The fraction of sp³-hybridized carbons (Fsp3) is 0.480. The quantitative estimate of drug-likeness (QED) is 0.561. The van der Waals surface area contributed by atoms with E-state index >= 15 is 0 Å². The fourth-order valence-corrected chi connectivity index (χ4v) is 5.33. The summed E-state index contributed by atoms with van der Waals surface area (Å²) >= 11 is 0. The van der Waals surface area contributed by atoms with Crippen molar-refractivity contribution in [3.63, 3.8) is 0 Å². The van der Waals surface area contributed by atoms with Crippen LogP contribution in [0.4, 0.5) is 0 Å². The molecule has 168 valence electrons. The van der Waals surface area contributed by atoms with Gasteiger partial charge in [-0.05, 0) is 49.8 Å². The number of pyridine rings is 1. The summed E-state index contributed by atoms with van der Waals surface area (Å²) in [5, 5.41) is 19.4. The Balaban J connectivity index is 1.61. The molecule has 6 bridgehead atoms. The molecule has 2 N–H and O–H groups in total. The lowest BCUT2D eigenvalue weighted by Gasteiger charge is -2.32. The smallest absolute Gasteiger partial charge is 0.251 e. The summed E-state index contributed by atoms with van der Waals surface area (Å²) in [5.74, 6) is -0.291. The van der Waals surface area contributed by atoms with Crippen LogP contribution in [0.1, 0.15) is 62.6 Å². The van der Waals surface area contributed by atoms with Crippen molar-refractivity contribution in [1.29, 1.82) is 0 Å². The Morgan fingerprint density at radius 1 is 1.12 bits per heavy atom. The van der Waals surface area contributed by atoms with Gasteiger partial charge in [0.15, 0.2) is 11.4 Å². The number of fused-ring (bicyclic) bond motifs is 8. The van der Waals surface area contributed by atoms with Gasteiger partial charge in [-0.3, -0.25) is 9.48 Å². The predicted molar refractivity (Wildman–Crippen MR) is 126 cm³/mol. The van der Waals surface area contributed by atoms with Crippen molar-refractivity contribution in [3.8, 4) is 5.75 Å². The molecule has 7 heteroatoms. The highest BCUT2D eigenvalue weighted by molar-refractivity contribution is 5.77. The maximum Gasteiger partial charge on any atom is 0.251 e. The van der Waals surface area contributed by atoms with Gasteiger partial charge in [-0.1, -0.05) is 32.3 Å². The number of hydrogen-bond acceptors (Lipinski definition) is 5. The second-order valence-electron chi connectivity index (χ2n) is 9.33. The Hall–Kier alpha value is -3.09. The van der Waals surface area contributed by atoms with E-state index in [0.717, 1.165) is 70.0 Å². The lowest BCUT2D eigenvalue weighted by atomic mass is 9.97. The molecule has 3 aromatic rings. The summed E-state index contributed by atoms with van der Waals surface area (Å²) in [4.78, 5) is 17.5. The number of nitrogens with zero attached hydrogens (tertiary/aromatic N) is 4. The van der Waals surface area contributed by atoms with Gasteiger partial charge in [0.2, 0.25) is 0 Å². The Morgan fingerprint density at radius 2 is 1.94 bits per heavy atom. The van der Waals surface area contributed by atoms with Crippen molar-refractivity contribution in [2.45, 2.75) is 69.9 Å². The topological polar surface area (TPSA) is 85.0 Å². The van der Waals surface area contributed by atoms with Crippen LogP contribution < -0.4 is 10.7 Å². The molecule has 5 heterocycles. The molecule has 1 aliphatic carbocycles. The molecule has 0 unspecified atom stereocenters. The van der Waals surface area contributed by atoms with E-state index in [-0.39, 0.29) is 17.0 Å². The van der Waals surface area contributed by atoms with Gasteiger partial charge in [0.1, 0.15) is 5.65 Å². The fourth-order valence-electron chi connectivity index (χ4n) is 5.33. The normalized spacial score (nSPS) is 19.3. The first-order valence-electron chi connectivity index (χ1n) is 11.8. The first-order chi connectivity index (χ1) is 15.6. The molecule has 2 aliphatic heterocycles. The molecule has 7 nitrogen and oxygen atoms in total. The predicted octanol–water partition coefficient (Wildman–Crippen LogP) is 3.94. The van der Waals surface area contributed by atoms with Crippen molar-refractivity contribution in [1.82, 2.24) is 24.6 Å². The summed E-state index contributed by atoms with van der Waals surface area (Å²) in [6, 6.07) is 4.44. The molecule has 0 amide bonds. The van der Waals surface area contributed by atoms with E-state index in [2.05, 4.69) is 39.9 Å². The van der Waals surface area contributed by atoms with Gasteiger partial charge in [-0.25, -0.2) is 4.98 Å². The van der Waals surface area contributed by atoms with Crippen LogP contribution >= 0.6 is 0 Å². The molecule has 1 fully saturated rings. The molecule has 32 heavy (non-hydrogen) atoms. The van der Waals surface area contributed by atoms with Crippen LogP contribution in [-0.2, 0) is 18.5 Å². The minimum atomic E-state index is -0.478. The highest BCUT2D eigenvalue weighted by Gasteiger charge is 2.37. The summed E-state index contributed by atoms with van der Waals surface area (Å²) in [6.07, 6.45) is 15.3. The molecule has 3 aliphatic rings. The van der Waals surface area contributed by atoms with E-state index in [9.17, 15) is 9.90 Å². The van der Waals surface area contributed by atoms with Gasteiger partial charge in [-0.15, -0.1) is 0 Å². The second-order valence-corrected chi connectivity index (χ2v) is 9.33. The average molecular weight is 434 g/mol. The van der Waals surface area contributed by atoms with Gasteiger partial charge in [0.05, 0.1) is 24.0 Å². The standard InChI is InChI=1S/C25H31N5O2/c1-18-22-23(32)21(31)16-29(28-22)17-25(10-5-6-11-25)30-13-9-20-14-19(15-27-24(20)30)8-4-2-3-7-12-26-18/h9,13-16,26,31H,1-8,10-12,17H2. The number of aromatic nitrogens is 4. The third-order valence-electron chi connectivity index (χ3n) is 7.05. The van der Waals surface area contributed by atoms with Crippen LogP contribution in [0.25, 0.3) is 16.7 Å². The highest BCUT2D eigenvalue weighted by atomic mass is 16.3. The third-order valence-corrected chi connectivity index (χ3v) is 7.05. The van der Waals surface area contributed by atoms with Gasteiger partial charge < -0.3 is 15.0 Å². The monoisotopic (exact) mass is 433 g/mol. The maximum atomic E-state index is 12.6. The minimum absolute atomic E-state index is 0.192. The molecule has 0 radical (unpaired) electrons. The summed E-state index contributed by atoms with van der Waals surface area (Å²) in [7, 11) is 0. The molecule has 1 saturated carbocycles. The number of aromatic hydroxyl groups is 1. The van der Waals surface area contributed by atoms with Crippen LogP contribution in [0, 0.1) is 0 Å². The Kier molecular flexibility index (Phi) is 5.49. The van der Waals surface area contributed by atoms with Crippen LogP contribution in [0.3, 0.4) is 0 Å². The van der Waals surface area contributed by atoms with Gasteiger partial charge in [0, 0.05) is 24.3 Å². The van der Waals surface area contributed by atoms with E-state index in [1.807, 2.05) is 6.20 Å². The van der Waals surface area contributed by atoms with Crippen LogP contribution in [-0.4, -0.2) is 31.0 Å². The lowest BCUT2D eigenvalue weighted by Crippen LogP contribution is -2.36. The maximum absolute atomic E-state index is 12.6. The van der Waals surface area contributed by atoms with E-state index in [1.165, 1.54) is 17.1 Å².